The molecular weight excluding hydrogens is 154 g/mol. The van der Waals surface area contributed by atoms with Gasteiger partial charge in [0.2, 0.25) is 0 Å². The van der Waals surface area contributed by atoms with Crippen molar-refractivity contribution in [2.24, 2.45) is 4.99 Å². The van der Waals surface area contributed by atoms with Gasteiger partial charge in [-0.25, -0.2) is 0 Å². The zero-order valence-electron chi connectivity index (χ0n) is 6.07. The minimum atomic E-state index is 0.337. The van der Waals surface area contributed by atoms with Crippen LogP contribution in [-0.4, -0.2) is 6.21 Å². The normalized spacial score (nSPS) is 21.4. The van der Waals surface area contributed by atoms with Gasteiger partial charge in [0, 0.05) is 11.5 Å². The van der Waals surface area contributed by atoms with E-state index in [4.69, 9.17) is 0 Å². The molecule has 0 saturated carbocycles. The third-order valence-corrected chi connectivity index (χ3v) is 2.34. The van der Waals surface area contributed by atoms with Gasteiger partial charge >= 0.3 is 0 Å². The molecule has 0 amide bonds. The van der Waals surface area contributed by atoms with Gasteiger partial charge in [-0.05, 0) is 18.1 Å². The highest BCUT2D eigenvalue weighted by Gasteiger charge is 2.12. The molecule has 1 aliphatic rings. The second-order valence-corrected chi connectivity index (χ2v) is 3.25. The third-order valence-electron chi connectivity index (χ3n) is 1.85. The zero-order chi connectivity index (χ0) is 7.68. The Labute approximate surface area is 71.6 Å². The standard InChI is InChI=1S/C9H9NS/c11-9-5-6-10-8-4-2-1-3-7(8)9/h1-4,6,9,11H,5H2. The smallest absolute Gasteiger partial charge is 0.0668 e. The molecule has 0 aromatic heterocycles. The number of hydrogen-bond donors (Lipinski definition) is 1. The van der Waals surface area contributed by atoms with E-state index in [9.17, 15) is 0 Å². The van der Waals surface area contributed by atoms with Crippen molar-refractivity contribution in [1.29, 1.82) is 0 Å². The van der Waals surface area contributed by atoms with E-state index in [1.807, 2.05) is 24.4 Å². The predicted octanol–water partition coefficient (Wildman–Crippen LogP) is 2.76. The van der Waals surface area contributed by atoms with Crippen LogP contribution in [0.25, 0.3) is 0 Å². The van der Waals surface area contributed by atoms with E-state index >= 15 is 0 Å². The molecule has 2 rings (SSSR count). The van der Waals surface area contributed by atoms with Crippen molar-refractivity contribution < 1.29 is 0 Å². The lowest BCUT2D eigenvalue weighted by molar-refractivity contribution is 1.00. The summed E-state index contributed by atoms with van der Waals surface area (Å²) in [7, 11) is 0. The van der Waals surface area contributed by atoms with Crippen molar-refractivity contribution in [3.63, 3.8) is 0 Å². The van der Waals surface area contributed by atoms with Crippen LogP contribution in [0.3, 0.4) is 0 Å². The molecule has 1 nitrogen and oxygen atoms in total. The quantitative estimate of drug-likeness (QED) is 0.565. The summed E-state index contributed by atoms with van der Waals surface area (Å²) in [5, 5.41) is 0.337. The van der Waals surface area contributed by atoms with Gasteiger partial charge in [-0.15, -0.1) is 0 Å². The molecule has 1 unspecified atom stereocenters. The van der Waals surface area contributed by atoms with Gasteiger partial charge in [0.25, 0.3) is 0 Å². The first kappa shape index (κ1) is 6.92. The average molecular weight is 163 g/mol. The Balaban J connectivity index is 2.54. The zero-order valence-corrected chi connectivity index (χ0v) is 6.96. The summed E-state index contributed by atoms with van der Waals surface area (Å²) in [6.07, 6.45) is 2.88. The highest BCUT2D eigenvalue weighted by Crippen LogP contribution is 2.34. The molecule has 0 spiro atoms. The average Bonchev–Trinajstić information content (AvgIpc) is 2.06. The number of para-hydroxylation sites is 1. The fourth-order valence-electron chi connectivity index (χ4n) is 1.26. The van der Waals surface area contributed by atoms with Crippen molar-refractivity contribution in [3.05, 3.63) is 29.8 Å². The van der Waals surface area contributed by atoms with Crippen LogP contribution in [0.5, 0.6) is 0 Å². The van der Waals surface area contributed by atoms with Gasteiger partial charge in [-0.2, -0.15) is 12.6 Å². The molecule has 0 saturated heterocycles. The molecule has 1 aliphatic heterocycles. The van der Waals surface area contributed by atoms with E-state index in [1.165, 1.54) is 5.56 Å². The summed E-state index contributed by atoms with van der Waals surface area (Å²) < 4.78 is 0. The Kier molecular flexibility index (Phi) is 1.70. The van der Waals surface area contributed by atoms with Crippen LogP contribution in [0.2, 0.25) is 0 Å². The minimum absolute atomic E-state index is 0.337. The lowest BCUT2D eigenvalue weighted by Crippen LogP contribution is -1.96. The fourth-order valence-corrected chi connectivity index (χ4v) is 1.58. The summed E-state index contributed by atoms with van der Waals surface area (Å²) >= 11 is 4.45. The Morgan fingerprint density at radius 2 is 2.18 bits per heavy atom. The molecule has 0 fully saturated rings. The summed E-state index contributed by atoms with van der Waals surface area (Å²) in [5.74, 6) is 0. The molecule has 1 aromatic carbocycles. The monoisotopic (exact) mass is 163 g/mol. The van der Waals surface area contributed by atoms with Crippen LogP contribution in [0.4, 0.5) is 5.69 Å². The topological polar surface area (TPSA) is 12.4 Å². The number of thiol groups is 1. The van der Waals surface area contributed by atoms with Crippen molar-refractivity contribution in [1.82, 2.24) is 0 Å². The fraction of sp³-hybridized carbons (Fsp3) is 0.222. The van der Waals surface area contributed by atoms with Crippen molar-refractivity contribution >= 4 is 24.5 Å². The van der Waals surface area contributed by atoms with Gasteiger partial charge in [-0.1, -0.05) is 18.2 Å². The first-order valence-electron chi connectivity index (χ1n) is 3.67. The summed E-state index contributed by atoms with van der Waals surface area (Å²) in [5.41, 5.74) is 2.32. The first-order chi connectivity index (χ1) is 5.38. The maximum Gasteiger partial charge on any atom is 0.0668 e. The molecule has 56 valence electrons. The van der Waals surface area contributed by atoms with Gasteiger partial charge in [0.15, 0.2) is 0 Å². The molecule has 1 heterocycles. The van der Waals surface area contributed by atoms with E-state index in [-0.39, 0.29) is 0 Å². The molecule has 0 aliphatic carbocycles. The predicted molar refractivity (Wildman–Crippen MR) is 50.9 cm³/mol. The Morgan fingerprint density at radius 1 is 1.36 bits per heavy atom. The Morgan fingerprint density at radius 3 is 3.00 bits per heavy atom. The van der Waals surface area contributed by atoms with Crippen molar-refractivity contribution in [2.75, 3.05) is 0 Å². The lowest BCUT2D eigenvalue weighted by Gasteiger charge is -2.14. The number of fused-ring (bicyclic) bond motifs is 1. The summed E-state index contributed by atoms with van der Waals surface area (Å²) in [6, 6.07) is 8.14. The van der Waals surface area contributed by atoms with Crippen LogP contribution in [0.15, 0.2) is 29.3 Å². The maximum atomic E-state index is 4.45. The number of hydrogen-bond acceptors (Lipinski definition) is 2. The van der Waals surface area contributed by atoms with Gasteiger partial charge < -0.3 is 0 Å². The van der Waals surface area contributed by atoms with Crippen molar-refractivity contribution in [2.45, 2.75) is 11.7 Å². The molecule has 1 atom stereocenters. The molecule has 2 heteroatoms. The SMILES string of the molecule is SC1CC=Nc2ccccc21. The molecule has 0 radical (unpaired) electrons. The van der Waals surface area contributed by atoms with E-state index in [0.29, 0.717) is 5.25 Å². The Hall–Kier alpha value is -0.760. The van der Waals surface area contributed by atoms with E-state index in [2.05, 4.69) is 23.7 Å². The second-order valence-electron chi connectivity index (χ2n) is 2.62. The molecular formula is C9H9NS. The largest absolute Gasteiger partial charge is 0.261 e. The van der Waals surface area contributed by atoms with E-state index in [1.54, 1.807) is 0 Å². The minimum Gasteiger partial charge on any atom is -0.261 e. The molecule has 0 bridgehead atoms. The Bertz CT molecular complexity index is 293. The lowest BCUT2D eigenvalue weighted by atomic mass is 10.1. The van der Waals surface area contributed by atoms with Crippen LogP contribution < -0.4 is 0 Å². The molecule has 1 aromatic rings. The highest BCUT2D eigenvalue weighted by molar-refractivity contribution is 7.80. The van der Waals surface area contributed by atoms with Crippen LogP contribution in [-0.2, 0) is 0 Å². The third kappa shape index (κ3) is 1.18. The van der Waals surface area contributed by atoms with E-state index < -0.39 is 0 Å². The number of nitrogens with zero attached hydrogens (tertiary/aromatic N) is 1. The first-order valence-corrected chi connectivity index (χ1v) is 4.19. The number of rotatable bonds is 0. The van der Waals surface area contributed by atoms with Crippen LogP contribution >= 0.6 is 12.6 Å². The number of benzene rings is 1. The van der Waals surface area contributed by atoms with Gasteiger partial charge in [-0.3, -0.25) is 4.99 Å². The van der Waals surface area contributed by atoms with E-state index in [0.717, 1.165) is 12.1 Å². The van der Waals surface area contributed by atoms with Crippen LogP contribution in [0, 0.1) is 0 Å². The highest BCUT2D eigenvalue weighted by atomic mass is 32.1. The maximum absolute atomic E-state index is 4.45. The molecule has 0 N–H and O–H groups in total. The summed E-state index contributed by atoms with van der Waals surface area (Å²) in [6.45, 7) is 0. The van der Waals surface area contributed by atoms with Crippen LogP contribution in [0.1, 0.15) is 17.2 Å². The molecule has 11 heavy (non-hydrogen) atoms. The number of aliphatic imine (C=N–C) groups is 1. The van der Waals surface area contributed by atoms with Gasteiger partial charge in [0.1, 0.15) is 0 Å². The summed E-state index contributed by atoms with van der Waals surface area (Å²) in [4.78, 5) is 4.27. The second kappa shape index (κ2) is 2.70. The van der Waals surface area contributed by atoms with Gasteiger partial charge in [0.05, 0.1) is 5.69 Å². The van der Waals surface area contributed by atoms with Crippen molar-refractivity contribution in [3.8, 4) is 0 Å².